The minimum absolute atomic E-state index is 0.119. The summed E-state index contributed by atoms with van der Waals surface area (Å²) in [6.45, 7) is 3.30. The van der Waals surface area contributed by atoms with Crippen molar-refractivity contribution in [2.45, 2.75) is 24.8 Å². The highest BCUT2D eigenvalue weighted by Gasteiger charge is 2.21. The van der Waals surface area contributed by atoms with Crippen molar-refractivity contribution in [3.8, 4) is 0 Å². The largest absolute Gasteiger partial charge is 0.444 e. The first-order valence-corrected chi connectivity index (χ1v) is 7.27. The molecule has 1 aromatic carbocycles. The van der Waals surface area contributed by atoms with Gasteiger partial charge in [-0.15, -0.1) is 0 Å². The third-order valence-corrected chi connectivity index (χ3v) is 4.16. The number of nitrogen functional groups attached to an aromatic ring is 1. The maximum Gasteiger partial charge on any atom is 0.241 e. The third-order valence-electron chi connectivity index (χ3n) is 2.62. The third kappa shape index (κ3) is 2.97. The van der Waals surface area contributed by atoms with Gasteiger partial charge in [-0.05, 0) is 32.0 Å². The molecular formula is C12H14FN3O3S. The van der Waals surface area contributed by atoms with E-state index in [0.29, 0.717) is 5.76 Å². The summed E-state index contributed by atoms with van der Waals surface area (Å²) in [6.07, 6.45) is 1.50. The molecule has 0 radical (unpaired) electrons. The van der Waals surface area contributed by atoms with Crippen LogP contribution in [-0.4, -0.2) is 13.4 Å². The van der Waals surface area contributed by atoms with E-state index in [1.165, 1.54) is 6.20 Å². The van der Waals surface area contributed by atoms with E-state index in [4.69, 9.17) is 10.2 Å². The van der Waals surface area contributed by atoms with Crippen LogP contribution in [-0.2, 0) is 10.0 Å². The molecule has 0 saturated heterocycles. The standard InChI is InChI=1S/C12H14FN3O3S/c1-7-6-15-12(19-7)8(2)16-20(17,18)9-3-4-10(13)11(14)5-9/h3-6,8,16H,14H2,1-2H3. The van der Waals surface area contributed by atoms with Gasteiger partial charge in [0, 0.05) is 0 Å². The van der Waals surface area contributed by atoms with Crippen LogP contribution in [0.25, 0.3) is 0 Å². The maximum atomic E-state index is 13.1. The van der Waals surface area contributed by atoms with Gasteiger partial charge in [-0.25, -0.2) is 17.8 Å². The predicted octanol–water partition coefficient (Wildman–Crippen LogP) is 1.74. The number of nitrogens with one attached hydrogen (secondary N) is 1. The van der Waals surface area contributed by atoms with Crippen LogP contribution in [0.15, 0.2) is 33.7 Å². The summed E-state index contributed by atoms with van der Waals surface area (Å²) in [5, 5.41) is 0. The molecule has 1 atom stereocenters. The molecule has 0 saturated carbocycles. The summed E-state index contributed by atoms with van der Waals surface area (Å²) >= 11 is 0. The molecule has 6 nitrogen and oxygen atoms in total. The summed E-state index contributed by atoms with van der Waals surface area (Å²) in [5.41, 5.74) is 5.14. The monoisotopic (exact) mass is 299 g/mol. The molecule has 1 aromatic heterocycles. The van der Waals surface area contributed by atoms with Crippen molar-refractivity contribution in [2.24, 2.45) is 0 Å². The molecule has 0 fully saturated rings. The highest BCUT2D eigenvalue weighted by molar-refractivity contribution is 7.89. The molecule has 0 aliphatic heterocycles. The number of sulfonamides is 1. The highest BCUT2D eigenvalue weighted by Crippen LogP contribution is 2.20. The number of halogens is 1. The van der Waals surface area contributed by atoms with Crippen LogP contribution in [0.3, 0.4) is 0 Å². The summed E-state index contributed by atoms with van der Waals surface area (Å²) in [6, 6.07) is 2.55. The molecule has 20 heavy (non-hydrogen) atoms. The zero-order valence-corrected chi connectivity index (χ0v) is 11.7. The van der Waals surface area contributed by atoms with Crippen molar-refractivity contribution < 1.29 is 17.2 Å². The van der Waals surface area contributed by atoms with Gasteiger partial charge in [-0.2, -0.15) is 4.72 Å². The second kappa shape index (κ2) is 5.22. The molecule has 0 bridgehead atoms. The van der Waals surface area contributed by atoms with Gasteiger partial charge in [0.15, 0.2) is 0 Å². The Kier molecular flexibility index (Phi) is 3.78. The quantitative estimate of drug-likeness (QED) is 0.838. The van der Waals surface area contributed by atoms with Crippen LogP contribution < -0.4 is 10.5 Å². The van der Waals surface area contributed by atoms with Gasteiger partial charge in [-0.1, -0.05) is 0 Å². The van der Waals surface area contributed by atoms with Crippen LogP contribution in [0.5, 0.6) is 0 Å². The predicted molar refractivity (Wildman–Crippen MR) is 70.8 cm³/mol. The van der Waals surface area contributed by atoms with Crippen LogP contribution in [0.2, 0.25) is 0 Å². The van der Waals surface area contributed by atoms with E-state index in [2.05, 4.69) is 9.71 Å². The Morgan fingerprint density at radius 3 is 2.70 bits per heavy atom. The van der Waals surface area contributed by atoms with E-state index in [1.807, 2.05) is 0 Å². The van der Waals surface area contributed by atoms with E-state index in [-0.39, 0.29) is 16.5 Å². The molecule has 2 aromatic rings. The Labute approximate surface area is 115 Å². The van der Waals surface area contributed by atoms with Gasteiger partial charge in [0.25, 0.3) is 0 Å². The minimum Gasteiger partial charge on any atom is -0.444 e. The normalized spacial score (nSPS) is 13.3. The number of rotatable bonds is 4. The fourth-order valence-corrected chi connectivity index (χ4v) is 2.84. The van der Waals surface area contributed by atoms with Crippen LogP contribution in [0.4, 0.5) is 10.1 Å². The zero-order valence-electron chi connectivity index (χ0n) is 10.9. The van der Waals surface area contributed by atoms with Crippen LogP contribution in [0.1, 0.15) is 24.6 Å². The average molecular weight is 299 g/mol. The lowest BCUT2D eigenvalue weighted by Gasteiger charge is -2.11. The second-order valence-corrected chi connectivity index (χ2v) is 6.05. The highest BCUT2D eigenvalue weighted by atomic mass is 32.2. The number of benzene rings is 1. The number of hydrogen-bond acceptors (Lipinski definition) is 5. The molecule has 0 amide bonds. The average Bonchev–Trinajstić information content (AvgIpc) is 2.79. The Morgan fingerprint density at radius 2 is 2.15 bits per heavy atom. The summed E-state index contributed by atoms with van der Waals surface area (Å²) in [5.74, 6) is 0.165. The van der Waals surface area contributed by atoms with E-state index >= 15 is 0 Å². The van der Waals surface area contributed by atoms with Gasteiger partial charge in [0.05, 0.1) is 22.8 Å². The summed E-state index contributed by atoms with van der Waals surface area (Å²) < 4.78 is 44.9. The molecule has 1 unspecified atom stereocenters. The van der Waals surface area contributed by atoms with Crippen molar-refractivity contribution >= 4 is 15.7 Å². The van der Waals surface area contributed by atoms with Crippen LogP contribution >= 0.6 is 0 Å². The van der Waals surface area contributed by atoms with Crippen molar-refractivity contribution in [3.05, 3.63) is 41.9 Å². The zero-order chi connectivity index (χ0) is 14.9. The van der Waals surface area contributed by atoms with Gasteiger partial charge in [0.1, 0.15) is 11.6 Å². The minimum atomic E-state index is -3.83. The number of nitrogens with two attached hydrogens (primary N) is 1. The number of anilines is 1. The van der Waals surface area contributed by atoms with Gasteiger partial charge in [-0.3, -0.25) is 0 Å². The Morgan fingerprint density at radius 1 is 1.45 bits per heavy atom. The molecule has 8 heteroatoms. The number of aromatic nitrogens is 1. The smallest absolute Gasteiger partial charge is 0.241 e. The molecule has 1 heterocycles. The van der Waals surface area contributed by atoms with Crippen molar-refractivity contribution in [1.82, 2.24) is 9.71 Å². The number of nitrogens with zero attached hydrogens (tertiary/aromatic N) is 1. The Hall–Kier alpha value is -1.93. The maximum absolute atomic E-state index is 13.1. The van der Waals surface area contributed by atoms with E-state index in [9.17, 15) is 12.8 Å². The van der Waals surface area contributed by atoms with Crippen molar-refractivity contribution in [3.63, 3.8) is 0 Å². The van der Waals surface area contributed by atoms with E-state index in [1.54, 1.807) is 13.8 Å². The molecule has 2 rings (SSSR count). The molecular weight excluding hydrogens is 285 g/mol. The fraction of sp³-hybridized carbons (Fsp3) is 0.250. The lowest BCUT2D eigenvalue weighted by molar-refractivity contribution is 0.428. The van der Waals surface area contributed by atoms with Gasteiger partial charge >= 0.3 is 0 Å². The second-order valence-electron chi connectivity index (χ2n) is 4.34. The van der Waals surface area contributed by atoms with Gasteiger partial charge < -0.3 is 10.2 Å². The molecule has 0 spiro atoms. The number of hydrogen-bond donors (Lipinski definition) is 2. The topological polar surface area (TPSA) is 98.2 Å². The first-order chi connectivity index (χ1) is 9.29. The number of oxazole rings is 1. The van der Waals surface area contributed by atoms with Gasteiger partial charge in [0.2, 0.25) is 15.9 Å². The first kappa shape index (κ1) is 14.5. The number of aryl methyl sites for hydroxylation is 1. The van der Waals surface area contributed by atoms with Crippen LogP contribution in [0, 0.1) is 12.7 Å². The van der Waals surface area contributed by atoms with Crippen molar-refractivity contribution in [2.75, 3.05) is 5.73 Å². The summed E-state index contributed by atoms with van der Waals surface area (Å²) in [7, 11) is -3.83. The van der Waals surface area contributed by atoms with E-state index < -0.39 is 21.9 Å². The molecule has 0 aliphatic carbocycles. The molecule has 3 N–H and O–H groups in total. The molecule has 108 valence electrons. The molecule has 0 aliphatic rings. The summed E-state index contributed by atoms with van der Waals surface area (Å²) in [4.78, 5) is 3.83. The fourth-order valence-electron chi connectivity index (χ4n) is 1.61. The van der Waals surface area contributed by atoms with E-state index in [0.717, 1.165) is 18.2 Å². The first-order valence-electron chi connectivity index (χ1n) is 5.79. The Bertz CT molecular complexity index is 727. The van der Waals surface area contributed by atoms with Crippen molar-refractivity contribution in [1.29, 1.82) is 0 Å². The lowest BCUT2D eigenvalue weighted by atomic mass is 10.3. The SMILES string of the molecule is Cc1cnc(C(C)NS(=O)(=O)c2ccc(F)c(N)c2)o1. The lowest BCUT2D eigenvalue weighted by Crippen LogP contribution is -2.27. The Balaban J connectivity index is 2.24.